The van der Waals surface area contributed by atoms with Crippen molar-refractivity contribution in [3.8, 4) is 0 Å². The fraction of sp³-hybridized carbons (Fsp3) is 0.333. The number of benzene rings is 1. The van der Waals surface area contributed by atoms with E-state index in [0.29, 0.717) is 12.0 Å². The molecule has 0 aliphatic heterocycles. The Balaban J connectivity index is -0.000000853. The fourth-order valence-corrected chi connectivity index (χ4v) is 1.79. The van der Waals surface area contributed by atoms with Gasteiger partial charge in [0, 0.05) is 0 Å². The largest absolute Gasteiger partial charge is 2.00 e. The second-order valence-corrected chi connectivity index (χ2v) is 3.63. The van der Waals surface area contributed by atoms with Gasteiger partial charge in [-0.2, -0.15) is 0 Å². The number of carboxylic acids is 2. The monoisotopic (exact) mass is 264 g/mol. The molecule has 0 heterocycles. The van der Waals surface area contributed by atoms with Crippen LogP contribution >= 0.6 is 0 Å². The number of hydrogen-bond acceptors (Lipinski definition) is 2. The van der Waals surface area contributed by atoms with Crippen LogP contribution in [0, 0.1) is 0 Å². The van der Waals surface area contributed by atoms with Gasteiger partial charge in [-0.3, -0.25) is 9.59 Å². The molecule has 0 unspecified atom stereocenters. The molecule has 0 amide bonds. The Labute approximate surface area is 133 Å². The molecule has 90 valence electrons. The van der Waals surface area contributed by atoms with Crippen molar-refractivity contribution in [2.75, 3.05) is 0 Å². The molecule has 0 saturated carbocycles. The van der Waals surface area contributed by atoms with Crippen molar-refractivity contribution in [3.63, 3.8) is 0 Å². The van der Waals surface area contributed by atoms with Gasteiger partial charge in [0.25, 0.3) is 0 Å². The molecule has 0 aromatic heterocycles. The van der Waals surface area contributed by atoms with E-state index in [2.05, 4.69) is 0 Å². The van der Waals surface area contributed by atoms with E-state index in [-0.39, 0.29) is 47.0 Å². The van der Waals surface area contributed by atoms with Gasteiger partial charge >= 0.3 is 49.7 Å². The summed E-state index contributed by atoms with van der Waals surface area (Å²) in [4.78, 5) is 22.5. The van der Waals surface area contributed by atoms with Crippen LogP contribution in [0.4, 0.5) is 0 Å². The van der Waals surface area contributed by atoms with Gasteiger partial charge in [-0.15, -0.1) is 0 Å². The third kappa shape index (κ3) is 3.21. The minimum Gasteiger partial charge on any atom is -1.00 e. The average Bonchev–Trinajstić information content (AvgIpc) is 2.26. The van der Waals surface area contributed by atoms with Crippen molar-refractivity contribution in [2.24, 2.45) is 0 Å². The predicted molar refractivity (Wildman–Crippen MR) is 66.3 cm³/mol. The number of aliphatic carboxylic acids is 2. The van der Waals surface area contributed by atoms with Crippen molar-refractivity contribution < 1.29 is 22.7 Å². The number of carboxylic acid groups (broad SMARTS) is 2. The van der Waals surface area contributed by atoms with Gasteiger partial charge in [0.15, 0.2) is 5.41 Å². The van der Waals surface area contributed by atoms with Crippen LogP contribution in [0.2, 0.25) is 0 Å². The Morgan fingerprint density at radius 1 is 1.18 bits per heavy atom. The van der Waals surface area contributed by atoms with Crippen LogP contribution in [-0.4, -0.2) is 59.9 Å². The Morgan fingerprint density at radius 3 is 2.00 bits per heavy atom. The third-order valence-electron chi connectivity index (χ3n) is 2.62. The number of hydrogen-bond donors (Lipinski definition) is 2. The molecule has 0 atom stereocenters. The van der Waals surface area contributed by atoms with Gasteiger partial charge in [0.05, 0.1) is 0 Å². The molecule has 0 aliphatic carbocycles. The van der Waals surface area contributed by atoms with E-state index in [1.807, 2.05) is 0 Å². The molecular formula is C12H16CaO4. The molecule has 5 heteroatoms. The zero-order valence-electron chi connectivity index (χ0n) is 11.7. The van der Waals surface area contributed by atoms with Gasteiger partial charge in [-0.1, -0.05) is 43.7 Å². The molecule has 4 nitrogen and oxygen atoms in total. The Hall–Kier alpha value is -0.580. The third-order valence-corrected chi connectivity index (χ3v) is 2.62. The quantitative estimate of drug-likeness (QED) is 0.627. The predicted octanol–water partition coefficient (Wildman–Crippen LogP) is 1.74. The topological polar surface area (TPSA) is 74.6 Å². The Morgan fingerprint density at radius 2 is 1.65 bits per heavy atom. The zero-order valence-corrected chi connectivity index (χ0v) is 11.9. The van der Waals surface area contributed by atoms with Crippen LogP contribution in [0.25, 0.3) is 0 Å². The van der Waals surface area contributed by atoms with E-state index >= 15 is 0 Å². The van der Waals surface area contributed by atoms with Crippen molar-refractivity contribution in [1.82, 2.24) is 0 Å². The zero-order chi connectivity index (χ0) is 12.2. The summed E-state index contributed by atoms with van der Waals surface area (Å²) in [6.45, 7) is 1.77. The van der Waals surface area contributed by atoms with Crippen LogP contribution in [0.1, 0.15) is 28.2 Å². The first kappa shape index (κ1) is 16.4. The van der Waals surface area contributed by atoms with Crippen molar-refractivity contribution in [1.29, 1.82) is 0 Å². The minimum atomic E-state index is -1.82. The Bertz CT molecular complexity index is 384. The molecule has 0 radical (unpaired) electrons. The van der Waals surface area contributed by atoms with Crippen molar-refractivity contribution in [3.05, 3.63) is 35.9 Å². The molecule has 0 bridgehead atoms. The van der Waals surface area contributed by atoms with Gasteiger partial charge in [-0.25, -0.2) is 0 Å². The van der Waals surface area contributed by atoms with Gasteiger partial charge in [0.1, 0.15) is 0 Å². The van der Waals surface area contributed by atoms with E-state index < -0.39 is 17.4 Å². The molecule has 0 saturated heterocycles. The molecule has 1 aromatic carbocycles. The van der Waals surface area contributed by atoms with Gasteiger partial charge in [0.2, 0.25) is 0 Å². The molecule has 0 fully saturated rings. The minimum absolute atomic E-state index is 0. The van der Waals surface area contributed by atoms with E-state index in [1.54, 1.807) is 25.1 Å². The molecule has 1 aromatic rings. The average molecular weight is 264 g/mol. The first-order chi connectivity index (χ1) is 7.55. The first-order valence-corrected chi connectivity index (χ1v) is 5.08. The standard InChI is InChI=1S/C12H14O4.Ca.2H/c1-2-8-12(10(13)14,11(15)16)9-6-4-3-5-7-9;;;/h3-7H,2,8H2,1H3,(H,13,14)(H,15,16);;;/q;+2;2*-1. The van der Waals surface area contributed by atoms with Crippen LogP contribution in [0.15, 0.2) is 30.3 Å². The second-order valence-electron chi connectivity index (χ2n) is 3.63. The van der Waals surface area contributed by atoms with E-state index in [0.717, 1.165) is 0 Å². The molecular weight excluding hydrogens is 248 g/mol. The van der Waals surface area contributed by atoms with Gasteiger partial charge in [-0.05, 0) is 12.0 Å². The molecule has 2 N–H and O–H groups in total. The van der Waals surface area contributed by atoms with Crippen LogP contribution < -0.4 is 0 Å². The summed E-state index contributed by atoms with van der Waals surface area (Å²) >= 11 is 0. The Kier molecular flexibility index (Phi) is 6.75. The molecule has 0 spiro atoms. The normalized spacial score (nSPS) is 10.4. The number of rotatable bonds is 5. The fourth-order valence-electron chi connectivity index (χ4n) is 1.79. The maximum absolute atomic E-state index is 11.3. The van der Waals surface area contributed by atoms with Crippen LogP contribution in [0.3, 0.4) is 0 Å². The molecule has 1 rings (SSSR count). The van der Waals surface area contributed by atoms with Crippen molar-refractivity contribution in [2.45, 2.75) is 25.2 Å². The molecule has 17 heavy (non-hydrogen) atoms. The first-order valence-electron chi connectivity index (χ1n) is 5.08. The maximum Gasteiger partial charge on any atom is 2.00 e. The summed E-state index contributed by atoms with van der Waals surface area (Å²) in [5.41, 5.74) is -1.51. The summed E-state index contributed by atoms with van der Waals surface area (Å²) in [7, 11) is 0. The molecule has 0 aliphatic rings. The van der Waals surface area contributed by atoms with Crippen molar-refractivity contribution >= 4 is 49.7 Å². The smallest absolute Gasteiger partial charge is 1.00 e. The van der Waals surface area contributed by atoms with E-state index in [1.165, 1.54) is 12.1 Å². The van der Waals surface area contributed by atoms with E-state index in [4.69, 9.17) is 0 Å². The van der Waals surface area contributed by atoms with Gasteiger partial charge < -0.3 is 13.1 Å². The van der Waals surface area contributed by atoms with Crippen LogP contribution in [-0.2, 0) is 15.0 Å². The summed E-state index contributed by atoms with van der Waals surface area (Å²) in [6, 6.07) is 8.09. The van der Waals surface area contributed by atoms with E-state index in [9.17, 15) is 19.8 Å². The SMILES string of the molecule is CCCC(C(=O)O)(C(=O)O)c1ccccc1.[Ca+2].[H-].[H-]. The summed E-state index contributed by atoms with van der Waals surface area (Å²) in [6.07, 6.45) is 0.579. The summed E-state index contributed by atoms with van der Waals surface area (Å²) in [5.74, 6) is -2.62. The number of carbonyl (C=O) groups is 2. The summed E-state index contributed by atoms with van der Waals surface area (Å²) < 4.78 is 0. The maximum atomic E-state index is 11.3. The second kappa shape index (κ2) is 6.99. The summed E-state index contributed by atoms with van der Waals surface area (Å²) in [5, 5.41) is 18.4. The van der Waals surface area contributed by atoms with Crippen LogP contribution in [0.5, 0.6) is 0 Å².